The molecule has 4 N–H and O–H groups in total. The Morgan fingerprint density at radius 3 is 2.25 bits per heavy atom. The van der Waals surface area contributed by atoms with E-state index in [1.807, 2.05) is 6.55 Å². The minimum absolute atomic E-state index is 0.423. The summed E-state index contributed by atoms with van der Waals surface area (Å²) in [6, 6.07) is 0.401. The van der Waals surface area contributed by atoms with Gasteiger partial charge in [0.05, 0.1) is 0 Å². The predicted molar refractivity (Wildman–Crippen MR) is 65.3 cm³/mol. The molecule has 0 atom stereocenters. The number of nitrogens with two attached hydrogens (primary N) is 2. The molecule has 0 aliphatic rings. The lowest BCUT2D eigenvalue weighted by Crippen LogP contribution is -2.41. The molecule has 0 fully saturated rings. The van der Waals surface area contributed by atoms with E-state index < -0.39 is 14.6 Å². The lowest BCUT2D eigenvalue weighted by Gasteiger charge is -2.25. The molecule has 0 rings (SSSR count). The molecule has 2 amide bonds. The molecule has 16 heavy (non-hydrogen) atoms. The van der Waals surface area contributed by atoms with Gasteiger partial charge in [-0.25, -0.2) is 4.79 Å². The van der Waals surface area contributed by atoms with Gasteiger partial charge in [-0.2, -0.15) is 0 Å². The first-order valence-corrected chi connectivity index (χ1v) is 7.86. The van der Waals surface area contributed by atoms with Crippen LogP contribution in [-0.2, 0) is 8.85 Å². The number of carbonyl (C=O) groups is 1. The van der Waals surface area contributed by atoms with Gasteiger partial charge in [0.1, 0.15) is 0 Å². The van der Waals surface area contributed by atoms with Crippen LogP contribution in [0.3, 0.4) is 0 Å². The van der Waals surface area contributed by atoms with E-state index in [1.54, 1.807) is 19.1 Å². The summed E-state index contributed by atoms with van der Waals surface area (Å²) in [5, 5.41) is 0. The highest BCUT2D eigenvalue weighted by molar-refractivity contribution is 6.65. The third-order valence-corrected chi connectivity index (χ3v) is 5.62. The zero-order chi connectivity index (χ0) is 12.6. The molecule has 0 spiro atoms. The SMILES string of the molecule is CO[Si](C)(CCCN(CCN)C(N)=O)OC. The Kier molecular flexibility index (Phi) is 7.31. The summed E-state index contributed by atoms with van der Waals surface area (Å²) in [6.45, 7) is 3.51. The van der Waals surface area contributed by atoms with Crippen LogP contribution in [0.1, 0.15) is 6.42 Å². The van der Waals surface area contributed by atoms with Crippen LogP contribution in [0.15, 0.2) is 0 Å². The van der Waals surface area contributed by atoms with Gasteiger partial charge in [0.15, 0.2) is 0 Å². The van der Waals surface area contributed by atoms with Gasteiger partial charge in [-0.3, -0.25) is 0 Å². The molecule has 0 aliphatic heterocycles. The number of urea groups is 1. The molecule has 0 saturated heterocycles. The maximum atomic E-state index is 11.0. The summed E-state index contributed by atoms with van der Waals surface area (Å²) < 4.78 is 10.7. The first kappa shape index (κ1) is 15.4. The highest BCUT2D eigenvalue weighted by Gasteiger charge is 2.28. The van der Waals surface area contributed by atoms with E-state index in [0.29, 0.717) is 19.6 Å². The largest absolute Gasteiger partial charge is 0.398 e. The van der Waals surface area contributed by atoms with E-state index in [9.17, 15) is 4.79 Å². The smallest absolute Gasteiger partial charge is 0.334 e. The van der Waals surface area contributed by atoms with Crippen LogP contribution in [0.2, 0.25) is 12.6 Å². The number of hydrogen-bond acceptors (Lipinski definition) is 4. The Morgan fingerprint density at radius 1 is 1.31 bits per heavy atom. The number of rotatable bonds is 8. The zero-order valence-corrected chi connectivity index (χ0v) is 11.4. The summed E-state index contributed by atoms with van der Waals surface area (Å²) in [5.74, 6) is 0. The van der Waals surface area contributed by atoms with E-state index in [1.165, 1.54) is 0 Å². The van der Waals surface area contributed by atoms with E-state index in [-0.39, 0.29) is 0 Å². The van der Waals surface area contributed by atoms with Crippen LogP contribution in [-0.4, -0.2) is 53.3 Å². The van der Waals surface area contributed by atoms with Crippen LogP contribution in [0, 0.1) is 0 Å². The maximum absolute atomic E-state index is 11.0. The van der Waals surface area contributed by atoms with Crippen molar-refractivity contribution in [1.82, 2.24) is 4.90 Å². The Labute approximate surface area is 98.1 Å². The van der Waals surface area contributed by atoms with E-state index in [4.69, 9.17) is 20.3 Å². The number of amides is 2. The average molecular weight is 249 g/mol. The van der Waals surface area contributed by atoms with Gasteiger partial charge < -0.3 is 25.2 Å². The molecule has 0 unspecified atom stereocenters. The van der Waals surface area contributed by atoms with Gasteiger partial charge in [0.25, 0.3) is 0 Å². The molecule has 0 radical (unpaired) electrons. The first-order valence-electron chi connectivity index (χ1n) is 5.34. The highest BCUT2D eigenvalue weighted by Crippen LogP contribution is 2.13. The van der Waals surface area contributed by atoms with E-state index in [2.05, 4.69) is 0 Å². The molecular formula is C9H23N3O3Si. The molecular weight excluding hydrogens is 226 g/mol. The number of primary amides is 1. The standard InChI is InChI=1S/C9H23N3O3Si/c1-14-16(3,15-2)8-4-6-12(7-5-10)9(11)13/h4-8,10H2,1-3H3,(H2,11,13). The second-order valence-electron chi connectivity index (χ2n) is 3.76. The topological polar surface area (TPSA) is 90.8 Å². The molecule has 7 heteroatoms. The molecule has 0 aromatic heterocycles. The number of hydrogen-bond donors (Lipinski definition) is 2. The molecule has 0 bridgehead atoms. The fourth-order valence-electron chi connectivity index (χ4n) is 1.37. The monoisotopic (exact) mass is 249 g/mol. The number of carbonyl (C=O) groups excluding carboxylic acids is 1. The molecule has 6 nitrogen and oxygen atoms in total. The van der Waals surface area contributed by atoms with Crippen molar-refractivity contribution in [2.24, 2.45) is 11.5 Å². The fourth-order valence-corrected chi connectivity index (χ4v) is 2.74. The van der Waals surface area contributed by atoms with Crippen molar-refractivity contribution in [2.45, 2.75) is 19.0 Å². The van der Waals surface area contributed by atoms with E-state index >= 15 is 0 Å². The molecule has 0 heterocycles. The molecule has 0 saturated carbocycles. The van der Waals surface area contributed by atoms with Gasteiger partial charge in [0, 0.05) is 33.9 Å². The fraction of sp³-hybridized carbons (Fsp3) is 0.889. The summed E-state index contributed by atoms with van der Waals surface area (Å²) in [5.41, 5.74) is 10.6. The van der Waals surface area contributed by atoms with Crippen molar-refractivity contribution in [3.05, 3.63) is 0 Å². The van der Waals surface area contributed by atoms with Crippen molar-refractivity contribution < 1.29 is 13.6 Å². The zero-order valence-electron chi connectivity index (χ0n) is 10.4. The van der Waals surface area contributed by atoms with Crippen LogP contribution in [0.5, 0.6) is 0 Å². The van der Waals surface area contributed by atoms with Gasteiger partial charge in [-0.15, -0.1) is 0 Å². The first-order chi connectivity index (χ1) is 7.49. The van der Waals surface area contributed by atoms with Crippen molar-refractivity contribution >= 4 is 14.6 Å². The average Bonchev–Trinajstić information content (AvgIpc) is 2.27. The van der Waals surface area contributed by atoms with Crippen molar-refractivity contribution in [1.29, 1.82) is 0 Å². The Balaban J connectivity index is 3.98. The van der Waals surface area contributed by atoms with Crippen LogP contribution in [0.25, 0.3) is 0 Å². The third kappa shape index (κ3) is 5.45. The van der Waals surface area contributed by atoms with Crippen LogP contribution in [0.4, 0.5) is 4.79 Å². The number of nitrogens with zero attached hydrogens (tertiary/aromatic N) is 1. The maximum Gasteiger partial charge on any atom is 0.334 e. The predicted octanol–water partition coefficient (Wildman–Crippen LogP) is 0.0807. The van der Waals surface area contributed by atoms with Crippen LogP contribution < -0.4 is 11.5 Å². The summed E-state index contributed by atoms with van der Waals surface area (Å²) in [7, 11) is 1.28. The van der Waals surface area contributed by atoms with Crippen molar-refractivity contribution in [3.63, 3.8) is 0 Å². The Hall–Kier alpha value is -0.633. The van der Waals surface area contributed by atoms with Crippen LogP contribution >= 0.6 is 0 Å². The van der Waals surface area contributed by atoms with Gasteiger partial charge >= 0.3 is 14.6 Å². The second-order valence-corrected chi connectivity index (χ2v) is 7.34. The quantitative estimate of drug-likeness (QED) is 0.596. The lowest BCUT2D eigenvalue weighted by atomic mass is 10.4. The van der Waals surface area contributed by atoms with Crippen molar-refractivity contribution in [2.75, 3.05) is 33.9 Å². The Bertz CT molecular complexity index is 212. The molecule has 96 valence electrons. The normalized spacial score (nSPS) is 11.5. The molecule has 0 aliphatic carbocycles. The second kappa shape index (κ2) is 7.61. The lowest BCUT2D eigenvalue weighted by molar-refractivity contribution is 0.206. The molecule has 0 aromatic rings. The summed E-state index contributed by atoms with van der Waals surface area (Å²) in [4.78, 5) is 12.6. The van der Waals surface area contributed by atoms with Gasteiger partial charge in [0.2, 0.25) is 0 Å². The van der Waals surface area contributed by atoms with Crippen molar-refractivity contribution in [3.8, 4) is 0 Å². The van der Waals surface area contributed by atoms with E-state index in [0.717, 1.165) is 12.5 Å². The molecule has 0 aromatic carbocycles. The van der Waals surface area contributed by atoms with Gasteiger partial charge in [-0.05, 0) is 19.0 Å². The minimum atomic E-state index is -2.03. The highest BCUT2D eigenvalue weighted by atomic mass is 28.4. The summed E-state index contributed by atoms with van der Waals surface area (Å²) in [6.07, 6.45) is 0.813. The summed E-state index contributed by atoms with van der Waals surface area (Å²) >= 11 is 0. The minimum Gasteiger partial charge on any atom is -0.398 e. The van der Waals surface area contributed by atoms with Gasteiger partial charge in [-0.1, -0.05) is 0 Å². The third-order valence-electron chi connectivity index (χ3n) is 2.63. The Morgan fingerprint density at radius 2 is 1.88 bits per heavy atom.